The molecule has 2 fully saturated rings. The fourth-order valence-corrected chi connectivity index (χ4v) is 6.67. The Morgan fingerprint density at radius 1 is 1.03 bits per heavy atom. The van der Waals surface area contributed by atoms with E-state index in [2.05, 4.69) is 5.32 Å². The molecule has 2 aromatic carbocycles. The van der Waals surface area contributed by atoms with Gasteiger partial charge in [0.15, 0.2) is 0 Å². The third-order valence-corrected chi connectivity index (χ3v) is 8.92. The summed E-state index contributed by atoms with van der Waals surface area (Å²) in [5.41, 5.74) is 5.26. The average molecular weight is 564 g/mol. The van der Waals surface area contributed by atoms with Crippen LogP contribution < -0.4 is 5.32 Å². The first-order chi connectivity index (χ1) is 19.0. The van der Waals surface area contributed by atoms with Crippen molar-refractivity contribution in [3.63, 3.8) is 0 Å². The SMILES string of the molecule is O=C(O)c1sc2c(-c3ccccc3)c(-c3ccc(Cl)cc3)n(CC(=O)N3CCOCC3)c2c1CNCC1CC1. The van der Waals surface area contributed by atoms with E-state index in [-0.39, 0.29) is 12.5 Å². The Hall–Kier alpha value is -3.17. The van der Waals surface area contributed by atoms with E-state index in [1.165, 1.54) is 24.2 Å². The number of aromatic carboxylic acids is 1. The van der Waals surface area contributed by atoms with Gasteiger partial charge in [-0.25, -0.2) is 4.79 Å². The number of ether oxygens (including phenoxy) is 1. The van der Waals surface area contributed by atoms with Crippen molar-refractivity contribution >= 4 is 45.0 Å². The lowest BCUT2D eigenvalue weighted by molar-refractivity contribution is -0.135. The van der Waals surface area contributed by atoms with Crippen LogP contribution in [0.1, 0.15) is 28.1 Å². The molecule has 1 saturated heterocycles. The summed E-state index contributed by atoms with van der Waals surface area (Å²) in [5.74, 6) is -0.297. The van der Waals surface area contributed by atoms with Gasteiger partial charge in [-0.1, -0.05) is 54.1 Å². The van der Waals surface area contributed by atoms with Crippen molar-refractivity contribution in [2.24, 2.45) is 5.92 Å². The molecular weight excluding hydrogens is 534 g/mol. The predicted molar refractivity (Wildman–Crippen MR) is 154 cm³/mol. The number of hydrogen-bond donors (Lipinski definition) is 2. The summed E-state index contributed by atoms with van der Waals surface area (Å²) in [6.45, 7) is 3.53. The highest BCUT2D eigenvalue weighted by Crippen LogP contribution is 2.47. The zero-order valence-electron chi connectivity index (χ0n) is 21.5. The van der Waals surface area contributed by atoms with E-state index in [1.807, 2.05) is 64.1 Å². The number of fused-ring (bicyclic) bond motifs is 1. The third-order valence-electron chi connectivity index (χ3n) is 7.45. The largest absolute Gasteiger partial charge is 0.477 e. The number of carbonyl (C=O) groups is 2. The van der Waals surface area contributed by atoms with Crippen molar-refractivity contribution in [1.29, 1.82) is 0 Å². The quantitative estimate of drug-likeness (QED) is 0.271. The molecule has 1 amide bonds. The lowest BCUT2D eigenvalue weighted by Crippen LogP contribution is -2.42. The number of benzene rings is 2. The van der Waals surface area contributed by atoms with Crippen molar-refractivity contribution in [3.05, 3.63) is 70.1 Å². The van der Waals surface area contributed by atoms with Gasteiger partial charge in [0.1, 0.15) is 11.4 Å². The van der Waals surface area contributed by atoms with Crippen molar-refractivity contribution in [1.82, 2.24) is 14.8 Å². The van der Waals surface area contributed by atoms with Gasteiger partial charge in [-0.3, -0.25) is 4.79 Å². The summed E-state index contributed by atoms with van der Waals surface area (Å²) >= 11 is 7.55. The Kier molecular flexibility index (Phi) is 7.44. The van der Waals surface area contributed by atoms with Crippen molar-refractivity contribution in [3.8, 4) is 22.4 Å². The minimum absolute atomic E-state index is 0.00927. The van der Waals surface area contributed by atoms with Gasteiger partial charge in [0.05, 0.1) is 29.1 Å². The van der Waals surface area contributed by atoms with E-state index >= 15 is 0 Å². The van der Waals surface area contributed by atoms with E-state index in [0.717, 1.165) is 44.7 Å². The molecule has 202 valence electrons. The van der Waals surface area contributed by atoms with E-state index in [4.69, 9.17) is 16.3 Å². The van der Waals surface area contributed by atoms with Crippen LogP contribution in [0.5, 0.6) is 0 Å². The fraction of sp³-hybridized carbons (Fsp3) is 0.333. The first kappa shape index (κ1) is 26.1. The molecule has 0 radical (unpaired) electrons. The van der Waals surface area contributed by atoms with Crippen LogP contribution in [0.4, 0.5) is 0 Å². The molecule has 1 saturated carbocycles. The normalized spacial score (nSPS) is 15.7. The zero-order valence-corrected chi connectivity index (χ0v) is 23.1. The van der Waals surface area contributed by atoms with Gasteiger partial charge in [-0.2, -0.15) is 0 Å². The van der Waals surface area contributed by atoms with E-state index in [0.29, 0.717) is 48.7 Å². The molecule has 4 aromatic rings. The average Bonchev–Trinajstić information content (AvgIpc) is 3.63. The summed E-state index contributed by atoms with van der Waals surface area (Å²) in [4.78, 5) is 28.3. The van der Waals surface area contributed by atoms with Gasteiger partial charge in [-0.05, 0) is 48.6 Å². The Bertz CT molecular complexity index is 1500. The van der Waals surface area contributed by atoms with Crippen LogP contribution in [0.3, 0.4) is 0 Å². The maximum Gasteiger partial charge on any atom is 0.346 e. The van der Waals surface area contributed by atoms with Crippen molar-refractivity contribution in [2.45, 2.75) is 25.9 Å². The standard InChI is InChI=1S/C30H30ClN3O4S/c31-22-10-8-21(9-11-22)26-25(20-4-2-1-3-5-20)29-27(34(26)18-24(35)33-12-14-38-15-13-33)23(28(39-29)30(36)37)17-32-16-19-6-7-19/h1-5,8-11,19,32H,6-7,12-18H2,(H,36,37). The highest BCUT2D eigenvalue weighted by molar-refractivity contribution is 7.21. The van der Waals surface area contributed by atoms with Crippen LogP contribution in [-0.4, -0.2) is 59.3 Å². The fourth-order valence-electron chi connectivity index (χ4n) is 5.31. The smallest absolute Gasteiger partial charge is 0.346 e. The molecule has 6 rings (SSSR count). The van der Waals surface area contributed by atoms with E-state index in [1.54, 1.807) is 0 Å². The summed E-state index contributed by atoms with van der Waals surface area (Å²) in [6.07, 6.45) is 2.42. The molecule has 2 aliphatic rings. The van der Waals surface area contributed by atoms with Crippen LogP contribution in [0.2, 0.25) is 5.02 Å². The summed E-state index contributed by atoms with van der Waals surface area (Å²) < 4.78 is 8.38. The molecule has 1 aliphatic carbocycles. The van der Waals surface area contributed by atoms with E-state index in [9.17, 15) is 14.7 Å². The number of morpholine rings is 1. The Morgan fingerprint density at radius 2 is 1.74 bits per heavy atom. The second-order valence-corrected chi connectivity index (χ2v) is 11.6. The minimum atomic E-state index is -0.947. The van der Waals surface area contributed by atoms with Crippen LogP contribution in [0, 0.1) is 5.92 Å². The topological polar surface area (TPSA) is 83.8 Å². The van der Waals surface area contributed by atoms with Crippen molar-refractivity contribution in [2.75, 3.05) is 32.8 Å². The molecule has 0 atom stereocenters. The number of aromatic nitrogens is 1. The second-order valence-electron chi connectivity index (χ2n) is 10.1. The Labute approximate surface area is 235 Å². The zero-order chi connectivity index (χ0) is 26.9. The van der Waals surface area contributed by atoms with Gasteiger partial charge < -0.3 is 24.6 Å². The molecule has 1 aliphatic heterocycles. The molecule has 0 spiro atoms. The summed E-state index contributed by atoms with van der Waals surface area (Å²) in [7, 11) is 0. The predicted octanol–water partition coefficient (Wildman–Crippen LogP) is 5.75. The van der Waals surface area contributed by atoms with Crippen LogP contribution in [0.25, 0.3) is 32.6 Å². The molecule has 3 heterocycles. The van der Waals surface area contributed by atoms with Crippen LogP contribution in [0.15, 0.2) is 54.6 Å². The maximum atomic E-state index is 13.7. The Balaban J connectivity index is 1.59. The first-order valence-corrected chi connectivity index (χ1v) is 14.5. The number of nitrogens with zero attached hydrogens (tertiary/aromatic N) is 2. The number of carboxylic acids is 1. The number of amides is 1. The number of carbonyl (C=O) groups excluding carboxylic acids is 1. The molecule has 9 heteroatoms. The molecule has 2 aromatic heterocycles. The lowest BCUT2D eigenvalue weighted by atomic mass is 10.0. The van der Waals surface area contributed by atoms with Gasteiger partial charge in [0.2, 0.25) is 5.91 Å². The number of hydrogen-bond acceptors (Lipinski definition) is 5. The summed E-state index contributed by atoms with van der Waals surface area (Å²) in [6, 6.07) is 17.6. The summed E-state index contributed by atoms with van der Waals surface area (Å²) in [5, 5.41) is 14.4. The van der Waals surface area contributed by atoms with Gasteiger partial charge >= 0.3 is 5.97 Å². The molecule has 0 unspecified atom stereocenters. The highest BCUT2D eigenvalue weighted by Gasteiger charge is 2.30. The maximum absolute atomic E-state index is 13.7. The molecule has 39 heavy (non-hydrogen) atoms. The molecule has 7 nitrogen and oxygen atoms in total. The van der Waals surface area contributed by atoms with Crippen LogP contribution in [-0.2, 0) is 22.6 Å². The van der Waals surface area contributed by atoms with Crippen LogP contribution >= 0.6 is 22.9 Å². The van der Waals surface area contributed by atoms with Gasteiger partial charge in [0.25, 0.3) is 0 Å². The van der Waals surface area contributed by atoms with E-state index < -0.39 is 5.97 Å². The lowest BCUT2D eigenvalue weighted by Gasteiger charge is -2.27. The van der Waals surface area contributed by atoms with Crippen molar-refractivity contribution < 1.29 is 19.4 Å². The van der Waals surface area contributed by atoms with Gasteiger partial charge in [-0.15, -0.1) is 11.3 Å². The molecular formula is C30H30ClN3O4S. The first-order valence-electron chi connectivity index (χ1n) is 13.3. The molecule has 2 N–H and O–H groups in total. The number of thiophene rings is 1. The minimum Gasteiger partial charge on any atom is -0.477 e. The Morgan fingerprint density at radius 3 is 2.41 bits per heavy atom. The third kappa shape index (κ3) is 5.34. The number of nitrogens with one attached hydrogen (secondary N) is 1. The van der Waals surface area contributed by atoms with Gasteiger partial charge in [0, 0.05) is 35.8 Å². The second kappa shape index (κ2) is 11.1. The number of carboxylic acid groups (broad SMARTS) is 1. The highest BCUT2D eigenvalue weighted by atomic mass is 35.5. The molecule has 0 bridgehead atoms. The number of rotatable bonds is 9. The monoisotopic (exact) mass is 563 g/mol. The number of halogens is 1.